The molecule has 39 heavy (non-hydrogen) atoms. The van der Waals surface area contributed by atoms with Gasteiger partial charge in [-0.15, -0.1) is 0 Å². The Morgan fingerprint density at radius 1 is 0.974 bits per heavy atom. The van der Waals surface area contributed by atoms with Crippen molar-refractivity contribution >= 4 is 52.5 Å². The molecule has 0 saturated carbocycles. The van der Waals surface area contributed by atoms with Crippen LogP contribution in [0, 0.1) is 0 Å². The number of benzene rings is 2. The van der Waals surface area contributed by atoms with E-state index in [9.17, 15) is 19.2 Å². The maximum atomic E-state index is 13.4. The summed E-state index contributed by atoms with van der Waals surface area (Å²) in [5.74, 6) is -1.58. The van der Waals surface area contributed by atoms with E-state index in [1.54, 1.807) is 43.4 Å². The van der Waals surface area contributed by atoms with Crippen LogP contribution in [0.15, 0.2) is 72.8 Å². The van der Waals surface area contributed by atoms with Crippen LogP contribution in [0.4, 0.5) is 5.69 Å². The summed E-state index contributed by atoms with van der Waals surface area (Å²) in [6, 6.07) is 20.0. The number of hydrogen-bond acceptors (Lipinski definition) is 5. The van der Waals surface area contributed by atoms with Crippen LogP contribution >= 0.6 is 23.2 Å². The summed E-state index contributed by atoms with van der Waals surface area (Å²) in [6.45, 7) is -0.0241. The number of nitrogens with zero attached hydrogens (tertiary/aromatic N) is 4. The quantitative estimate of drug-likeness (QED) is 0.421. The first-order chi connectivity index (χ1) is 18.7. The van der Waals surface area contributed by atoms with E-state index < -0.39 is 17.9 Å². The van der Waals surface area contributed by atoms with Crippen molar-refractivity contribution in [2.45, 2.75) is 12.5 Å². The zero-order valence-corrected chi connectivity index (χ0v) is 22.7. The molecule has 0 spiro atoms. The number of likely N-dealkylation sites (N-methyl/N-ethyl adjacent to an activating group) is 1. The van der Waals surface area contributed by atoms with Crippen LogP contribution in [-0.4, -0.2) is 77.7 Å². The predicted molar refractivity (Wildman–Crippen MR) is 149 cm³/mol. The number of rotatable bonds is 8. The molecule has 1 atom stereocenters. The van der Waals surface area contributed by atoms with Gasteiger partial charge in [-0.05, 0) is 42.0 Å². The number of nitrogens with one attached hydrogen (secondary N) is 1. The van der Waals surface area contributed by atoms with Gasteiger partial charge in [-0.2, -0.15) is 0 Å². The molecule has 0 radical (unpaired) electrons. The normalized spacial score (nSPS) is 14.1. The Labute approximate surface area is 236 Å². The molecule has 4 rings (SSSR count). The summed E-state index contributed by atoms with van der Waals surface area (Å²) in [5, 5.41) is 3.54. The van der Waals surface area contributed by atoms with Gasteiger partial charge in [0, 0.05) is 37.3 Å². The first-order valence-corrected chi connectivity index (χ1v) is 13.0. The van der Waals surface area contributed by atoms with Crippen molar-refractivity contribution in [1.82, 2.24) is 20.1 Å². The Kier molecular flexibility index (Phi) is 9.16. The molecule has 9 nitrogen and oxygen atoms in total. The number of carbonyl (C=O) groups excluding carboxylic acids is 4. The minimum atomic E-state index is -0.868. The number of pyridine rings is 1. The lowest BCUT2D eigenvalue weighted by atomic mass is 10.0. The van der Waals surface area contributed by atoms with Gasteiger partial charge in [0.05, 0.1) is 6.54 Å². The van der Waals surface area contributed by atoms with Crippen LogP contribution in [0.25, 0.3) is 0 Å². The Hall–Kier alpha value is -3.95. The molecule has 0 aliphatic carbocycles. The first-order valence-electron chi connectivity index (χ1n) is 12.3. The zero-order chi connectivity index (χ0) is 27.9. The summed E-state index contributed by atoms with van der Waals surface area (Å²) >= 11 is 11.9. The average Bonchev–Trinajstić information content (AvgIpc) is 2.93. The molecule has 2 aromatic carbocycles. The third-order valence-electron chi connectivity index (χ3n) is 6.34. The van der Waals surface area contributed by atoms with Crippen LogP contribution in [0.1, 0.15) is 16.1 Å². The lowest BCUT2D eigenvalue weighted by Crippen LogP contribution is -2.56. The third-order valence-corrected chi connectivity index (χ3v) is 6.80. The van der Waals surface area contributed by atoms with E-state index in [0.717, 1.165) is 5.56 Å². The second-order valence-electron chi connectivity index (χ2n) is 9.07. The highest BCUT2D eigenvalue weighted by atomic mass is 35.5. The Bertz CT molecular complexity index is 1350. The minimum Gasteiger partial charge on any atom is -0.342 e. The van der Waals surface area contributed by atoms with E-state index in [4.69, 9.17) is 23.2 Å². The van der Waals surface area contributed by atoms with E-state index in [0.29, 0.717) is 10.7 Å². The Morgan fingerprint density at radius 3 is 2.36 bits per heavy atom. The summed E-state index contributed by atoms with van der Waals surface area (Å²) in [4.78, 5) is 60.2. The van der Waals surface area contributed by atoms with Gasteiger partial charge in [-0.3, -0.25) is 19.2 Å². The molecule has 202 valence electrons. The molecular formula is C28H27Cl2N5O4. The second-order valence-corrected chi connectivity index (χ2v) is 9.89. The monoisotopic (exact) mass is 567 g/mol. The van der Waals surface area contributed by atoms with Gasteiger partial charge in [0.1, 0.15) is 23.4 Å². The molecule has 1 fully saturated rings. The van der Waals surface area contributed by atoms with Gasteiger partial charge in [-0.1, -0.05) is 59.6 Å². The van der Waals surface area contributed by atoms with E-state index in [1.807, 2.05) is 30.3 Å². The van der Waals surface area contributed by atoms with Crippen molar-refractivity contribution in [1.29, 1.82) is 0 Å². The van der Waals surface area contributed by atoms with Crippen molar-refractivity contribution in [2.75, 3.05) is 38.1 Å². The van der Waals surface area contributed by atoms with Crippen molar-refractivity contribution in [2.24, 2.45) is 0 Å². The van der Waals surface area contributed by atoms with E-state index >= 15 is 0 Å². The average molecular weight is 568 g/mol. The predicted octanol–water partition coefficient (Wildman–Crippen LogP) is 3.06. The molecular weight excluding hydrogens is 541 g/mol. The fourth-order valence-electron chi connectivity index (χ4n) is 4.23. The molecule has 0 bridgehead atoms. The number of amides is 4. The van der Waals surface area contributed by atoms with E-state index in [2.05, 4.69) is 10.3 Å². The maximum Gasteiger partial charge on any atom is 0.273 e. The molecule has 1 saturated heterocycles. The maximum absolute atomic E-state index is 13.4. The van der Waals surface area contributed by atoms with E-state index in [-0.39, 0.29) is 55.3 Å². The molecule has 2 heterocycles. The van der Waals surface area contributed by atoms with Gasteiger partial charge in [-0.25, -0.2) is 4.98 Å². The molecule has 0 unspecified atom stereocenters. The van der Waals surface area contributed by atoms with Crippen molar-refractivity contribution in [3.05, 3.63) is 94.2 Å². The number of piperazine rings is 1. The molecule has 1 aromatic heterocycles. The van der Waals surface area contributed by atoms with E-state index in [1.165, 1.54) is 20.8 Å². The Morgan fingerprint density at radius 2 is 1.69 bits per heavy atom. The largest absolute Gasteiger partial charge is 0.342 e. The topological polar surface area (TPSA) is 103 Å². The zero-order valence-electron chi connectivity index (χ0n) is 21.2. The number of carbonyl (C=O) groups is 4. The second kappa shape index (κ2) is 12.7. The number of anilines is 1. The lowest BCUT2D eigenvalue weighted by molar-refractivity contribution is -0.139. The van der Waals surface area contributed by atoms with Crippen LogP contribution in [-0.2, 0) is 20.8 Å². The van der Waals surface area contributed by atoms with Gasteiger partial charge < -0.3 is 20.0 Å². The molecule has 3 aromatic rings. The fourth-order valence-corrected chi connectivity index (χ4v) is 4.52. The summed E-state index contributed by atoms with van der Waals surface area (Å²) in [5.41, 5.74) is 1.65. The number of hydrogen-bond donors (Lipinski definition) is 1. The highest BCUT2D eigenvalue weighted by Crippen LogP contribution is 2.18. The van der Waals surface area contributed by atoms with Crippen molar-refractivity contribution in [3.8, 4) is 0 Å². The lowest BCUT2D eigenvalue weighted by Gasteiger charge is -2.34. The SMILES string of the molecule is CN(C(=O)[C@H](Cc1ccccc1)NC(=O)CN1CCN(C(=O)c2cccc(Cl)n2)CC1=O)c1ccc(Cl)cc1. The first kappa shape index (κ1) is 28.1. The molecule has 1 aliphatic rings. The minimum absolute atomic E-state index is 0.147. The van der Waals surface area contributed by atoms with Gasteiger partial charge in [0.15, 0.2) is 0 Å². The van der Waals surface area contributed by atoms with Crippen LogP contribution < -0.4 is 10.2 Å². The fraction of sp³-hybridized carbons (Fsp3) is 0.250. The van der Waals surface area contributed by atoms with Crippen LogP contribution in [0.3, 0.4) is 0 Å². The van der Waals surface area contributed by atoms with Crippen LogP contribution in [0.5, 0.6) is 0 Å². The van der Waals surface area contributed by atoms with Crippen molar-refractivity contribution < 1.29 is 19.2 Å². The molecule has 1 aliphatic heterocycles. The smallest absolute Gasteiger partial charge is 0.273 e. The molecule has 1 N–H and O–H groups in total. The molecule has 11 heteroatoms. The highest BCUT2D eigenvalue weighted by Gasteiger charge is 2.31. The summed E-state index contributed by atoms with van der Waals surface area (Å²) < 4.78 is 0. The van der Waals surface area contributed by atoms with Crippen LogP contribution in [0.2, 0.25) is 10.2 Å². The highest BCUT2D eigenvalue weighted by molar-refractivity contribution is 6.30. The van der Waals surface area contributed by atoms with Gasteiger partial charge in [0.2, 0.25) is 17.7 Å². The Balaban J connectivity index is 1.40. The standard InChI is InChI=1S/C28H27Cl2N5O4/c1-33(21-12-10-20(29)11-13-21)27(38)23(16-19-6-3-2-4-7-19)32-25(36)17-34-14-15-35(18-26(34)37)28(39)22-8-5-9-24(30)31-22/h2-13,23H,14-18H2,1H3,(H,32,36)/t23-/m0/s1. The summed E-state index contributed by atoms with van der Waals surface area (Å²) in [7, 11) is 1.63. The van der Waals surface area contributed by atoms with Gasteiger partial charge in [0.25, 0.3) is 5.91 Å². The number of aromatic nitrogens is 1. The summed E-state index contributed by atoms with van der Waals surface area (Å²) in [6.07, 6.45) is 0.270. The van der Waals surface area contributed by atoms with Crippen molar-refractivity contribution in [3.63, 3.8) is 0 Å². The third kappa shape index (κ3) is 7.34. The molecule has 4 amide bonds. The van der Waals surface area contributed by atoms with Gasteiger partial charge >= 0.3 is 0 Å². The number of halogens is 2.